The molecular weight excluding hydrogens is 809 g/mol. The summed E-state index contributed by atoms with van der Waals surface area (Å²) in [6, 6.07) is 3.99. The van der Waals surface area contributed by atoms with Crippen molar-refractivity contribution in [2.75, 3.05) is 94.6 Å². The number of nitrogens with one attached hydrogen (secondary N) is 1. The highest BCUT2D eigenvalue weighted by Crippen LogP contribution is 2.31. The Morgan fingerprint density at radius 2 is 1.33 bits per heavy atom. The van der Waals surface area contributed by atoms with Gasteiger partial charge >= 0.3 is 0 Å². The van der Waals surface area contributed by atoms with Crippen molar-refractivity contribution in [1.82, 2.24) is 49.7 Å². The van der Waals surface area contributed by atoms with Gasteiger partial charge in [0.1, 0.15) is 29.3 Å². The van der Waals surface area contributed by atoms with Crippen molar-refractivity contribution in [2.45, 2.75) is 58.0 Å². The van der Waals surface area contributed by atoms with Gasteiger partial charge in [0, 0.05) is 119 Å². The fourth-order valence-corrected chi connectivity index (χ4v) is 7.12. The van der Waals surface area contributed by atoms with Crippen molar-refractivity contribution in [3.05, 3.63) is 66.8 Å². The van der Waals surface area contributed by atoms with Crippen molar-refractivity contribution >= 4 is 51.3 Å². The van der Waals surface area contributed by atoms with Crippen LogP contribution in [0.2, 0.25) is 0 Å². The number of anilines is 3. The lowest BCUT2D eigenvalue weighted by Gasteiger charge is -2.34. The molecule has 0 amide bonds. The van der Waals surface area contributed by atoms with Crippen LogP contribution in [-0.4, -0.2) is 140 Å². The van der Waals surface area contributed by atoms with Crippen LogP contribution in [0.25, 0.3) is 33.3 Å². The summed E-state index contributed by atoms with van der Waals surface area (Å²) in [6.45, 7) is 7.39. The third kappa shape index (κ3) is 12.8. The van der Waals surface area contributed by atoms with Crippen molar-refractivity contribution in [3.63, 3.8) is 0 Å². The largest absolute Gasteiger partial charge is 0.383 e. The van der Waals surface area contributed by atoms with Gasteiger partial charge < -0.3 is 45.2 Å². The zero-order valence-corrected chi connectivity index (χ0v) is 35.6. The molecular formula is C43H56N14O6. The zero-order valence-electron chi connectivity index (χ0n) is 35.6. The van der Waals surface area contributed by atoms with Crippen LogP contribution in [0.5, 0.6) is 0 Å². The summed E-state index contributed by atoms with van der Waals surface area (Å²) in [6.07, 6.45) is 16.1. The van der Waals surface area contributed by atoms with Crippen molar-refractivity contribution in [2.24, 2.45) is 5.73 Å². The van der Waals surface area contributed by atoms with Gasteiger partial charge in [-0.1, -0.05) is 6.42 Å². The number of hydrogen-bond donors (Lipinski definition) is 3. The summed E-state index contributed by atoms with van der Waals surface area (Å²) in [5, 5.41) is 6.53. The number of unbranched alkanes of at least 4 members (excludes halogenated alkanes) is 2. The number of hydrogen-bond acceptors (Lipinski definition) is 18. The standard InChI is InChI=1S/C43H56N14O6/c44-24-31-25-48-42(49-26-31)55-11-13-56(14-12-55)43-50-28-34(29-51-43)36(59)6-4-15-60-17-19-62-21-22-63-20-18-61-16-8-35(58)5-2-1-3-10-57-41-37(39(45)52-30-53-41)38(54-57)33-23-32-7-9-46-40(32)47-27-33/h7,9,23,25-30H,1-6,8,10-22,24,44H2,(H,46,47)(H2,45,52,53). The van der Waals surface area contributed by atoms with E-state index in [9.17, 15) is 9.59 Å². The van der Waals surface area contributed by atoms with E-state index in [0.717, 1.165) is 67.6 Å². The van der Waals surface area contributed by atoms with Gasteiger partial charge in [0.15, 0.2) is 11.4 Å². The van der Waals surface area contributed by atoms with Gasteiger partial charge in [-0.15, -0.1) is 0 Å². The molecule has 1 fully saturated rings. The second-order valence-corrected chi connectivity index (χ2v) is 15.1. The molecule has 5 N–H and O–H groups in total. The Labute approximate surface area is 365 Å². The molecule has 6 aromatic rings. The third-order valence-electron chi connectivity index (χ3n) is 10.6. The number of rotatable bonds is 27. The molecule has 20 heteroatoms. The van der Waals surface area contributed by atoms with E-state index in [2.05, 4.69) is 49.7 Å². The summed E-state index contributed by atoms with van der Waals surface area (Å²) >= 11 is 0. The van der Waals surface area contributed by atoms with Gasteiger partial charge in [0.25, 0.3) is 0 Å². The fraction of sp³-hybridized carbons (Fsp3) is 0.488. The smallest absolute Gasteiger partial charge is 0.225 e. The number of aromatic amines is 1. The molecule has 7 heterocycles. The molecule has 0 aliphatic carbocycles. The number of nitrogens with zero attached hydrogens (tertiary/aromatic N) is 11. The number of Topliss-reactive ketones (excluding diaryl/α,β-unsaturated/α-hetero) is 2. The van der Waals surface area contributed by atoms with Gasteiger partial charge in [-0.05, 0) is 31.4 Å². The van der Waals surface area contributed by atoms with E-state index in [0.29, 0.717) is 132 Å². The number of aryl methyl sites for hydroxylation is 1. The van der Waals surface area contributed by atoms with Crippen LogP contribution in [0, 0.1) is 0 Å². The molecule has 0 bridgehead atoms. The van der Waals surface area contributed by atoms with E-state index >= 15 is 0 Å². The summed E-state index contributed by atoms with van der Waals surface area (Å²) in [5.41, 5.74) is 16.3. The summed E-state index contributed by atoms with van der Waals surface area (Å²) in [7, 11) is 0. The Balaban J connectivity index is 0.649. The maximum Gasteiger partial charge on any atom is 0.225 e. The first-order valence-corrected chi connectivity index (χ1v) is 21.6. The van der Waals surface area contributed by atoms with E-state index in [1.165, 1.54) is 6.33 Å². The highest BCUT2D eigenvalue weighted by molar-refractivity contribution is 5.99. The molecule has 0 saturated carbocycles. The van der Waals surface area contributed by atoms with Crippen molar-refractivity contribution in [3.8, 4) is 11.3 Å². The van der Waals surface area contributed by atoms with E-state index in [1.54, 1.807) is 31.0 Å². The maximum absolute atomic E-state index is 12.7. The minimum Gasteiger partial charge on any atom is -0.383 e. The van der Waals surface area contributed by atoms with Crippen LogP contribution in [-0.2, 0) is 36.8 Å². The molecule has 1 saturated heterocycles. The molecule has 1 aliphatic heterocycles. The first-order chi connectivity index (χ1) is 31.0. The predicted molar refractivity (Wildman–Crippen MR) is 236 cm³/mol. The minimum absolute atomic E-state index is 0.0148. The molecule has 1 aliphatic rings. The zero-order chi connectivity index (χ0) is 43.6. The molecule has 334 valence electrons. The number of fused-ring (bicyclic) bond motifs is 2. The highest BCUT2D eigenvalue weighted by atomic mass is 16.6. The average Bonchev–Trinajstić information content (AvgIpc) is 3.95. The minimum atomic E-state index is -0.0148. The Bertz CT molecular complexity index is 2350. The number of carbonyl (C=O) groups is 2. The number of carbonyl (C=O) groups excluding carboxylic acids is 2. The number of nitrogen functional groups attached to an aromatic ring is 1. The molecule has 63 heavy (non-hydrogen) atoms. The van der Waals surface area contributed by atoms with Crippen LogP contribution >= 0.6 is 0 Å². The van der Waals surface area contributed by atoms with Crippen molar-refractivity contribution < 1.29 is 28.5 Å². The molecule has 0 radical (unpaired) electrons. The van der Waals surface area contributed by atoms with Gasteiger partial charge in [0.05, 0.1) is 57.2 Å². The molecule has 20 nitrogen and oxygen atoms in total. The summed E-state index contributed by atoms with van der Waals surface area (Å²) < 4.78 is 24.2. The number of nitrogens with two attached hydrogens (primary N) is 2. The van der Waals surface area contributed by atoms with Crippen LogP contribution in [0.4, 0.5) is 17.7 Å². The van der Waals surface area contributed by atoms with Gasteiger partial charge in [-0.25, -0.2) is 39.6 Å². The average molecular weight is 865 g/mol. The molecule has 6 aromatic heterocycles. The second kappa shape index (κ2) is 23.4. The number of ketones is 2. The lowest BCUT2D eigenvalue weighted by atomic mass is 10.1. The second-order valence-electron chi connectivity index (χ2n) is 15.1. The van der Waals surface area contributed by atoms with Crippen LogP contribution in [0.15, 0.2) is 55.6 Å². The first-order valence-electron chi connectivity index (χ1n) is 21.6. The predicted octanol–water partition coefficient (Wildman–Crippen LogP) is 3.57. The van der Waals surface area contributed by atoms with Crippen LogP contribution in [0.1, 0.15) is 60.9 Å². The van der Waals surface area contributed by atoms with Crippen LogP contribution in [0.3, 0.4) is 0 Å². The van der Waals surface area contributed by atoms with Gasteiger partial charge in [-0.3, -0.25) is 9.59 Å². The SMILES string of the molecule is NCc1cnc(N2CCN(c3ncc(C(=O)CCCOCCOCCOCCOCCC(=O)CCCCCn4nc(-c5cnc6[nH]ccc6c5)c5c(N)ncnc54)cn3)CC2)nc1. The lowest BCUT2D eigenvalue weighted by molar-refractivity contribution is -0.120. The topological polar surface area (TPSA) is 253 Å². The number of ether oxygens (including phenoxy) is 4. The molecule has 0 unspecified atom stereocenters. The van der Waals surface area contributed by atoms with Gasteiger partial charge in [0.2, 0.25) is 11.9 Å². The number of aromatic nitrogens is 10. The number of piperazine rings is 1. The summed E-state index contributed by atoms with van der Waals surface area (Å²) in [5.74, 6) is 1.84. The van der Waals surface area contributed by atoms with Crippen molar-refractivity contribution in [1.29, 1.82) is 0 Å². The quantitative estimate of drug-likeness (QED) is 0.0494. The molecule has 0 spiro atoms. The normalized spacial score (nSPS) is 13.1. The third-order valence-corrected chi connectivity index (χ3v) is 10.6. The maximum atomic E-state index is 12.7. The Hall–Kier alpha value is -6.06. The van der Waals surface area contributed by atoms with E-state index in [-0.39, 0.29) is 11.6 Å². The molecule has 7 rings (SSSR count). The fourth-order valence-electron chi connectivity index (χ4n) is 7.12. The van der Waals surface area contributed by atoms with E-state index < -0.39 is 0 Å². The Morgan fingerprint density at radius 1 is 0.683 bits per heavy atom. The molecule has 0 atom stereocenters. The number of pyridine rings is 1. The Morgan fingerprint density at radius 3 is 2.02 bits per heavy atom. The first kappa shape index (κ1) is 45.0. The summed E-state index contributed by atoms with van der Waals surface area (Å²) in [4.78, 5) is 63.3. The van der Waals surface area contributed by atoms with Crippen LogP contribution < -0.4 is 21.3 Å². The lowest BCUT2D eigenvalue weighted by Crippen LogP contribution is -2.47. The monoisotopic (exact) mass is 864 g/mol. The van der Waals surface area contributed by atoms with E-state index in [1.807, 2.05) is 23.0 Å². The van der Waals surface area contributed by atoms with Gasteiger partial charge in [-0.2, -0.15) is 5.10 Å². The number of H-pyrrole nitrogens is 1. The highest BCUT2D eigenvalue weighted by Gasteiger charge is 2.22. The molecule has 0 aromatic carbocycles. The van der Waals surface area contributed by atoms with E-state index in [4.69, 9.17) is 35.5 Å². The Kier molecular flexibility index (Phi) is 16.7.